The summed E-state index contributed by atoms with van der Waals surface area (Å²) in [6, 6.07) is -1.04. The molecule has 2 amide bonds. The van der Waals surface area contributed by atoms with Crippen LogP contribution in [0.1, 0.15) is 33.1 Å². The Bertz CT molecular complexity index is 614. The van der Waals surface area contributed by atoms with Crippen LogP contribution in [0.15, 0.2) is 11.3 Å². The molecule has 3 aliphatic rings. The highest BCUT2D eigenvalue weighted by Gasteiger charge is 2.63. The van der Waals surface area contributed by atoms with Crippen LogP contribution in [-0.2, 0) is 14.3 Å². The zero-order valence-corrected chi connectivity index (χ0v) is 13.8. The number of carbonyl (C=O) groups excluding carboxylic acids is 2. The van der Waals surface area contributed by atoms with Gasteiger partial charge in [0, 0.05) is 6.54 Å². The number of carbonyl (C=O) groups is 3. The van der Waals surface area contributed by atoms with Crippen molar-refractivity contribution in [3.8, 4) is 0 Å². The maximum absolute atomic E-state index is 12.4. The summed E-state index contributed by atoms with van der Waals surface area (Å²) in [5.74, 6) is -2.25. The highest BCUT2D eigenvalue weighted by atomic mass is 16.6. The number of likely N-dealkylation sites (tertiary alicyclic amines) is 1. The Kier molecular flexibility index (Phi) is 4.25. The number of aliphatic hydroxyl groups excluding tert-OH is 1. The fourth-order valence-electron chi connectivity index (χ4n) is 4.06. The molecule has 0 aromatic heterocycles. The average molecular weight is 338 g/mol. The summed E-state index contributed by atoms with van der Waals surface area (Å²) in [6.07, 6.45) is 0.449. The van der Waals surface area contributed by atoms with Gasteiger partial charge in [-0.1, -0.05) is 6.92 Å². The van der Waals surface area contributed by atoms with Crippen molar-refractivity contribution >= 4 is 18.0 Å². The van der Waals surface area contributed by atoms with Crippen LogP contribution in [0.2, 0.25) is 0 Å². The molecular weight excluding hydrogens is 316 g/mol. The van der Waals surface area contributed by atoms with Gasteiger partial charge in [0.2, 0.25) is 5.91 Å². The molecule has 8 heteroatoms. The van der Waals surface area contributed by atoms with Gasteiger partial charge < -0.3 is 14.9 Å². The van der Waals surface area contributed by atoms with Gasteiger partial charge in [-0.05, 0) is 31.8 Å². The number of rotatable bonds is 4. The van der Waals surface area contributed by atoms with Crippen molar-refractivity contribution in [3.63, 3.8) is 0 Å². The SMILES string of the molecule is CCCOC(=O)N1CCCC2=C(C(=O)O)N3C(=O)[C@H]([C@@H](C)O)[C@H]3[C@@H]21. The van der Waals surface area contributed by atoms with E-state index in [0.29, 0.717) is 38.0 Å². The first-order valence-corrected chi connectivity index (χ1v) is 8.31. The largest absolute Gasteiger partial charge is 0.477 e. The average Bonchev–Trinajstić information content (AvgIpc) is 2.82. The van der Waals surface area contributed by atoms with Crippen molar-refractivity contribution in [3.05, 3.63) is 11.3 Å². The third kappa shape index (κ3) is 2.28. The number of piperidine rings is 1. The number of carboxylic acid groups (broad SMARTS) is 1. The lowest BCUT2D eigenvalue weighted by atomic mass is 9.78. The number of ether oxygens (including phenoxy) is 1. The van der Waals surface area contributed by atoms with E-state index in [-0.39, 0.29) is 5.70 Å². The maximum Gasteiger partial charge on any atom is 0.410 e. The van der Waals surface area contributed by atoms with Crippen LogP contribution in [0.25, 0.3) is 0 Å². The van der Waals surface area contributed by atoms with Gasteiger partial charge in [-0.25, -0.2) is 9.59 Å². The second-order valence-electron chi connectivity index (χ2n) is 6.50. The number of hydrogen-bond donors (Lipinski definition) is 2. The Morgan fingerprint density at radius 2 is 2.12 bits per heavy atom. The number of aliphatic carboxylic acids is 1. The molecule has 0 spiro atoms. The van der Waals surface area contributed by atoms with Gasteiger partial charge in [-0.2, -0.15) is 0 Å². The summed E-state index contributed by atoms with van der Waals surface area (Å²) < 4.78 is 5.22. The lowest BCUT2D eigenvalue weighted by Crippen LogP contribution is -2.68. The van der Waals surface area contributed by atoms with Crippen LogP contribution in [0.5, 0.6) is 0 Å². The van der Waals surface area contributed by atoms with Crippen molar-refractivity contribution in [2.24, 2.45) is 5.92 Å². The van der Waals surface area contributed by atoms with E-state index in [1.165, 1.54) is 16.7 Å². The van der Waals surface area contributed by atoms with E-state index in [1.54, 1.807) is 0 Å². The molecule has 0 aliphatic carbocycles. The third-order valence-electron chi connectivity index (χ3n) is 4.98. The molecule has 24 heavy (non-hydrogen) atoms. The van der Waals surface area contributed by atoms with Crippen molar-refractivity contribution < 1.29 is 29.3 Å². The smallest absolute Gasteiger partial charge is 0.410 e. The van der Waals surface area contributed by atoms with Crippen LogP contribution >= 0.6 is 0 Å². The first-order valence-electron chi connectivity index (χ1n) is 8.31. The van der Waals surface area contributed by atoms with Crippen LogP contribution in [-0.4, -0.2) is 69.3 Å². The summed E-state index contributed by atoms with van der Waals surface area (Å²) in [5, 5.41) is 19.5. The van der Waals surface area contributed by atoms with Gasteiger partial charge in [-0.15, -0.1) is 0 Å². The van der Waals surface area contributed by atoms with E-state index in [2.05, 4.69) is 0 Å². The molecule has 132 valence electrons. The predicted octanol–water partition coefficient (Wildman–Crippen LogP) is 0.558. The molecule has 0 saturated carbocycles. The first-order chi connectivity index (χ1) is 11.4. The van der Waals surface area contributed by atoms with Gasteiger partial charge >= 0.3 is 12.1 Å². The molecule has 3 aliphatic heterocycles. The molecule has 0 radical (unpaired) electrons. The highest BCUT2D eigenvalue weighted by molar-refractivity contribution is 6.00. The normalized spacial score (nSPS) is 29.8. The molecule has 3 heterocycles. The lowest BCUT2D eigenvalue weighted by molar-refractivity contribution is -0.164. The van der Waals surface area contributed by atoms with Gasteiger partial charge in [0.25, 0.3) is 0 Å². The standard InChI is InChI=1S/C16H22N2O6/c1-3-7-24-16(23)17-6-4-5-9-11(17)13-10(8(2)19)14(20)18(13)12(9)15(21)22/h8,10-11,13,19H,3-7H2,1-2H3,(H,21,22)/t8-,10-,11-,13+/m1/s1. The fraction of sp³-hybridized carbons (Fsp3) is 0.688. The fourth-order valence-corrected chi connectivity index (χ4v) is 4.06. The van der Waals surface area contributed by atoms with Crippen LogP contribution in [0, 0.1) is 5.92 Å². The first kappa shape index (κ1) is 16.8. The Morgan fingerprint density at radius 3 is 2.71 bits per heavy atom. The van der Waals surface area contributed by atoms with Gasteiger partial charge in [0.15, 0.2) is 0 Å². The van der Waals surface area contributed by atoms with Gasteiger partial charge in [0.05, 0.1) is 30.7 Å². The third-order valence-corrected chi connectivity index (χ3v) is 4.98. The van der Waals surface area contributed by atoms with Crippen molar-refractivity contribution in [2.45, 2.75) is 51.3 Å². The van der Waals surface area contributed by atoms with E-state index in [1.807, 2.05) is 6.92 Å². The van der Waals surface area contributed by atoms with E-state index >= 15 is 0 Å². The zero-order valence-electron chi connectivity index (χ0n) is 13.8. The molecular formula is C16H22N2O6. The molecule has 3 rings (SSSR count). The predicted molar refractivity (Wildman–Crippen MR) is 81.8 cm³/mol. The van der Waals surface area contributed by atoms with Crippen LogP contribution < -0.4 is 0 Å². The summed E-state index contributed by atoms with van der Waals surface area (Å²) in [6.45, 7) is 4.15. The maximum atomic E-state index is 12.4. The molecule has 0 unspecified atom stereocenters. The topological polar surface area (TPSA) is 107 Å². The van der Waals surface area contributed by atoms with Crippen LogP contribution in [0.4, 0.5) is 4.79 Å². The lowest BCUT2D eigenvalue weighted by Gasteiger charge is -2.49. The highest BCUT2D eigenvalue weighted by Crippen LogP contribution is 2.48. The van der Waals surface area contributed by atoms with E-state index < -0.39 is 42.1 Å². The minimum Gasteiger partial charge on any atom is -0.477 e. The molecule has 4 atom stereocenters. The second kappa shape index (κ2) is 6.08. The van der Waals surface area contributed by atoms with E-state index in [0.717, 1.165) is 0 Å². The molecule has 2 N–H and O–H groups in total. The molecule has 2 fully saturated rings. The number of hydrogen-bond acceptors (Lipinski definition) is 5. The Morgan fingerprint density at radius 1 is 1.42 bits per heavy atom. The van der Waals surface area contributed by atoms with E-state index in [4.69, 9.17) is 4.74 Å². The Labute approximate surface area is 139 Å². The monoisotopic (exact) mass is 338 g/mol. The number of amides is 2. The Balaban J connectivity index is 1.96. The van der Waals surface area contributed by atoms with Crippen molar-refractivity contribution in [1.82, 2.24) is 9.80 Å². The number of β-lactam (4-membered cyclic amide) rings is 1. The number of nitrogens with zero attached hydrogens (tertiary/aromatic N) is 2. The van der Waals surface area contributed by atoms with E-state index in [9.17, 15) is 24.6 Å². The van der Waals surface area contributed by atoms with Crippen molar-refractivity contribution in [2.75, 3.05) is 13.2 Å². The summed E-state index contributed by atoms with van der Waals surface area (Å²) in [5.41, 5.74) is 0.559. The minimum absolute atomic E-state index is 0.0279. The molecule has 0 bridgehead atoms. The number of fused-ring (bicyclic) bond motifs is 3. The van der Waals surface area contributed by atoms with Crippen molar-refractivity contribution in [1.29, 1.82) is 0 Å². The molecule has 8 nitrogen and oxygen atoms in total. The van der Waals surface area contributed by atoms with Crippen LogP contribution in [0.3, 0.4) is 0 Å². The summed E-state index contributed by atoms with van der Waals surface area (Å²) in [7, 11) is 0. The van der Waals surface area contributed by atoms with Gasteiger partial charge in [-0.3, -0.25) is 14.6 Å². The number of aliphatic hydroxyl groups is 1. The summed E-state index contributed by atoms with van der Waals surface area (Å²) >= 11 is 0. The van der Waals surface area contributed by atoms with Gasteiger partial charge in [0.1, 0.15) is 5.70 Å². The number of carboxylic acids is 1. The summed E-state index contributed by atoms with van der Waals surface area (Å²) in [4.78, 5) is 39.1. The quantitative estimate of drug-likeness (QED) is 0.725. The molecule has 0 aromatic carbocycles. The minimum atomic E-state index is -1.17. The molecule has 0 aromatic rings. The zero-order chi connectivity index (χ0) is 17.6. The second-order valence-corrected chi connectivity index (χ2v) is 6.50. The Hall–Kier alpha value is -2.09. The molecule has 2 saturated heterocycles.